The predicted octanol–water partition coefficient (Wildman–Crippen LogP) is 1.89. The number of likely N-dealkylation sites (tertiary alicyclic amines) is 1. The van der Waals surface area contributed by atoms with Crippen molar-refractivity contribution in [3.63, 3.8) is 0 Å². The summed E-state index contributed by atoms with van der Waals surface area (Å²) < 4.78 is 7.68. The number of imidazole rings is 1. The number of carbonyl (C=O) groups excluding carboxylic acids is 2. The van der Waals surface area contributed by atoms with Gasteiger partial charge in [0.25, 0.3) is 11.8 Å². The average molecular weight is 517 g/mol. The van der Waals surface area contributed by atoms with E-state index in [0.717, 1.165) is 34.7 Å². The van der Waals surface area contributed by atoms with Gasteiger partial charge in [-0.1, -0.05) is 35.9 Å². The molecule has 1 aromatic heterocycles. The van der Waals surface area contributed by atoms with E-state index in [-0.39, 0.29) is 25.1 Å². The van der Waals surface area contributed by atoms with Gasteiger partial charge < -0.3 is 29.7 Å². The van der Waals surface area contributed by atoms with Gasteiger partial charge in [0.05, 0.1) is 24.2 Å². The van der Waals surface area contributed by atoms with Crippen LogP contribution in [0.4, 0.5) is 0 Å². The largest absolute Gasteiger partial charge is 0.380 e. The molecule has 9 nitrogen and oxygen atoms in total. The fraction of sp³-hybridized carbons (Fsp3) is 0.500. The second kappa shape index (κ2) is 12.0. The smallest absolute Gasteiger partial charge is 0.254 e. The third kappa shape index (κ3) is 5.98. The van der Waals surface area contributed by atoms with Gasteiger partial charge in [-0.25, -0.2) is 4.98 Å². The van der Waals surface area contributed by atoms with Crippen molar-refractivity contribution in [3.05, 3.63) is 53.4 Å². The number of nitrogens with zero attached hydrogens (tertiary/aromatic N) is 3. The Bertz CT molecular complexity index is 1150. The lowest BCUT2D eigenvalue weighted by Crippen LogP contribution is -2.53. The molecule has 1 unspecified atom stereocenters. The molecule has 3 N–H and O–H groups in total. The fourth-order valence-electron chi connectivity index (χ4n) is 4.97. The minimum atomic E-state index is -1.86. The Balaban J connectivity index is 1.19. The number of aliphatic hydroxyl groups is 2. The van der Waals surface area contributed by atoms with Gasteiger partial charge in [0, 0.05) is 36.6 Å². The van der Waals surface area contributed by atoms with Gasteiger partial charge in [-0.2, -0.15) is 0 Å². The molecule has 0 spiro atoms. The van der Waals surface area contributed by atoms with E-state index in [4.69, 9.17) is 16.3 Å². The van der Waals surface area contributed by atoms with Crippen LogP contribution in [0.1, 0.15) is 25.1 Å². The number of rotatable bonds is 10. The Morgan fingerprint density at radius 1 is 1.25 bits per heavy atom. The summed E-state index contributed by atoms with van der Waals surface area (Å²) in [6.45, 7) is 3.82. The lowest BCUT2D eigenvalue weighted by molar-refractivity contribution is -0.154. The first kappa shape index (κ1) is 26.3. The molecule has 1 saturated heterocycles. The maximum Gasteiger partial charge on any atom is 0.254 e. The maximum atomic E-state index is 12.9. The zero-order valence-corrected chi connectivity index (χ0v) is 21.1. The zero-order chi connectivity index (χ0) is 25.7. The number of para-hydroxylation sites is 2. The van der Waals surface area contributed by atoms with E-state index in [9.17, 15) is 19.8 Å². The number of carbonyl (C=O) groups is 2. The van der Waals surface area contributed by atoms with Crippen molar-refractivity contribution in [1.82, 2.24) is 19.8 Å². The molecule has 10 heteroatoms. The standard InChI is InChI=1S/C26H33ClN4O5/c1-17-29-20-8-2-3-9-22(20)30(17)13-15-36-14-11-28-25(34)23(32)24(33)26(35)31-12-5-10-21(31)18-6-4-7-19(27)16-18/h2-4,6-9,18,21,23-24,32-33H,5,10-16H2,1H3,(H,28,34)/t18?,21-,23-,24-/m1/s1. The number of halogens is 1. The van der Waals surface area contributed by atoms with Crippen LogP contribution in [-0.2, 0) is 20.9 Å². The van der Waals surface area contributed by atoms with Gasteiger partial charge in [0.15, 0.2) is 12.2 Å². The maximum absolute atomic E-state index is 12.9. The quantitative estimate of drug-likeness (QED) is 0.415. The highest BCUT2D eigenvalue weighted by Gasteiger charge is 2.40. The highest BCUT2D eigenvalue weighted by Crippen LogP contribution is 2.33. The number of fused-ring (bicyclic) bond motifs is 1. The highest BCUT2D eigenvalue weighted by atomic mass is 35.5. The molecular formula is C26H33ClN4O5. The van der Waals surface area contributed by atoms with Gasteiger partial charge >= 0.3 is 0 Å². The van der Waals surface area contributed by atoms with Crippen LogP contribution < -0.4 is 5.32 Å². The monoisotopic (exact) mass is 516 g/mol. The highest BCUT2D eigenvalue weighted by molar-refractivity contribution is 6.29. The topological polar surface area (TPSA) is 117 Å². The number of allylic oxidation sites excluding steroid dienone is 3. The Kier molecular flexibility index (Phi) is 8.79. The van der Waals surface area contributed by atoms with Crippen molar-refractivity contribution in [3.8, 4) is 0 Å². The number of aliphatic hydroxyl groups excluding tert-OH is 2. The van der Waals surface area contributed by atoms with Crippen molar-refractivity contribution in [1.29, 1.82) is 0 Å². The Hall–Kier alpha value is -2.72. The van der Waals surface area contributed by atoms with E-state index in [2.05, 4.69) is 14.9 Å². The molecule has 0 saturated carbocycles. The normalized spacial score (nSPS) is 21.4. The number of ether oxygens (including phenoxy) is 1. The molecule has 1 fully saturated rings. The number of benzene rings is 1. The van der Waals surface area contributed by atoms with E-state index in [0.29, 0.717) is 26.1 Å². The summed E-state index contributed by atoms with van der Waals surface area (Å²) in [5.41, 5.74) is 1.97. The molecule has 2 aromatic rings. The Labute approximate surface area is 215 Å². The van der Waals surface area contributed by atoms with E-state index in [1.165, 1.54) is 0 Å². The molecule has 1 aromatic carbocycles. The van der Waals surface area contributed by atoms with Crippen molar-refractivity contribution in [2.75, 3.05) is 26.3 Å². The zero-order valence-electron chi connectivity index (χ0n) is 20.3. The summed E-state index contributed by atoms with van der Waals surface area (Å²) in [7, 11) is 0. The number of aromatic nitrogens is 2. The fourth-order valence-corrected chi connectivity index (χ4v) is 5.23. The first-order chi connectivity index (χ1) is 17.4. The van der Waals surface area contributed by atoms with Gasteiger partial charge in [0.1, 0.15) is 5.82 Å². The molecule has 1 aliphatic carbocycles. The molecule has 1 aliphatic heterocycles. The Morgan fingerprint density at radius 2 is 2.06 bits per heavy atom. The van der Waals surface area contributed by atoms with Gasteiger partial charge in [-0.05, 0) is 44.4 Å². The minimum Gasteiger partial charge on any atom is -0.380 e. The molecule has 2 heterocycles. The third-order valence-corrected chi connectivity index (χ3v) is 7.09. The van der Waals surface area contributed by atoms with Crippen LogP contribution in [0.5, 0.6) is 0 Å². The number of nitrogens with one attached hydrogen (secondary N) is 1. The second-order valence-electron chi connectivity index (χ2n) is 9.20. The van der Waals surface area contributed by atoms with Crippen LogP contribution >= 0.6 is 11.6 Å². The van der Waals surface area contributed by atoms with Crippen LogP contribution in [0.2, 0.25) is 0 Å². The molecule has 36 heavy (non-hydrogen) atoms. The number of hydrogen-bond acceptors (Lipinski definition) is 6. The molecule has 0 bridgehead atoms. The summed E-state index contributed by atoms with van der Waals surface area (Å²) in [6, 6.07) is 7.76. The van der Waals surface area contributed by atoms with Crippen molar-refractivity contribution in [2.45, 2.75) is 51.0 Å². The molecular weight excluding hydrogens is 484 g/mol. The molecule has 0 radical (unpaired) electrons. The Morgan fingerprint density at radius 3 is 2.86 bits per heavy atom. The summed E-state index contributed by atoms with van der Waals surface area (Å²) in [5, 5.41) is 24.0. The summed E-state index contributed by atoms with van der Waals surface area (Å²) in [5.74, 6) is -0.504. The predicted molar refractivity (Wildman–Crippen MR) is 136 cm³/mol. The summed E-state index contributed by atoms with van der Waals surface area (Å²) >= 11 is 6.16. The van der Waals surface area contributed by atoms with E-state index in [1.807, 2.05) is 49.4 Å². The average Bonchev–Trinajstić information content (AvgIpc) is 3.49. The van der Waals surface area contributed by atoms with Gasteiger partial charge in [-0.3, -0.25) is 9.59 Å². The molecule has 4 atom stereocenters. The third-order valence-electron chi connectivity index (χ3n) is 6.81. The van der Waals surface area contributed by atoms with Crippen LogP contribution in [0.15, 0.2) is 47.5 Å². The van der Waals surface area contributed by atoms with Crippen molar-refractivity contribution < 1.29 is 24.5 Å². The lowest BCUT2D eigenvalue weighted by atomic mass is 9.90. The summed E-state index contributed by atoms with van der Waals surface area (Å²) in [6.07, 6.45) is 4.22. The molecule has 194 valence electrons. The van der Waals surface area contributed by atoms with Crippen molar-refractivity contribution >= 4 is 34.4 Å². The molecule has 4 rings (SSSR count). The van der Waals surface area contributed by atoms with Crippen LogP contribution in [-0.4, -0.2) is 81.0 Å². The second-order valence-corrected chi connectivity index (χ2v) is 9.69. The SMILES string of the molecule is Cc1nc2ccccc2n1CCOCCNC(=O)[C@H](O)[C@@H](O)C(=O)N1CCC[C@@H]1C1C=CC=C(Cl)C1. The van der Waals surface area contributed by atoms with E-state index >= 15 is 0 Å². The first-order valence-corrected chi connectivity index (χ1v) is 12.7. The van der Waals surface area contributed by atoms with Crippen LogP contribution in [0, 0.1) is 12.8 Å². The van der Waals surface area contributed by atoms with Gasteiger partial charge in [-0.15, -0.1) is 0 Å². The molecule has 2 amide bonds. The van der Waals surface area contributed by atoms with Crippen LogP contribution in [0.25, 0.3) is 11.0 Å². The number of aryl methyl sites for hydroxylation is 1. The summed E-state index contributed by atoms with van der Waals surface area (Å²) in [4.78, 5) is 31.3. The van der Waals surface area contributed by atoms with Crippen molar-refractivity contribution in [2.24, 2.45) is 5.92 Å². The van der Waals surface area contributed by atoms with E-state index < -0.39 is 24.0 Å². The number of amides is 2. The van der Waals surface area contributed by atoms with Gasteiger partial charge in [0.2, 0.25) is 0 Å². The number of hydrogen-bond donors (Lipinski definition) is 3. The molecule has 2 aliphatic rings. The van der Waals surface area contributed by atoms with E-state index in [1.54, 1.807) is 4.90 Å². The minimum absolute atomic E-state index is 0.0494. The lowest BCUT2D eigenvalue weighted by Gasteiger charge is -2.33. The first-order valence-electron chi connectivity index (χ1n) is 12.3. The van der Waals surface area contributed by atoms with Crippen LogP contribution in [0.3, 0.4) is 0 Å².